The van der Waals surface area contributed by atoms with Gasteiger partial charge in [0.1, 0.15) is 0 Å². The van der Waals surface area contributed by atoms with E-state index in [2.05, 4.69) is 4.74 Å². The first-order valence-corrected chi connectivity index (χ1v) is 2.55. The minimum atomic E-state index is -3.33. The molecule has 0 saturated heterocycles. The van der Waals surface area contributed by atoms with Gasteiger partial charge in [-0.1, -0.05) is 6.92 Å². The third-order valence-corrected chi connectivity index (χ3v) is 0.582. The van der Waals surface area contributed by atoms with Gasteiger partial charge in [0.2, 0.25) is 0 Å². The quantitative estimate of drug-likeness (QED) is 0.541. The van der Waals surface area contributed by atoms with Crippen LogP contribution in [-0.4, -0.2) is 12.1 Å². The zero-order valence-electron chi connectivity index (χ0n) is 5.28. The first-order valence-electron chi connectivity index (χ1n) is 2.55. The Morgan fingerprint density at radius 3 is 2.22 bits per heavy atom. The molecule has 0 bridgehead atoms. The predicted molar refractivity (Wildman–Crippen MR) is 27.0 cm³/mol. The van der Waals surface area contributed by atoms with Crippen molar-refractivity contribution in [3.05, 3.63) is 0 Å². The molecular formula is C5H8F2O2. The van der Waals surface area contributed by atoms with Gasteiger partial charge in [0, 0.05) is 13.3 Å². The van der Waals surface area contributed by atoms with Crippen LogP contribution in [0.5, 0.6) is 0 Å². The summed E-state index contributed by atoms with van der Waals surface area (Å²) in [5, 5.41) is 0. The number of hydrogen-bond donors (Lipinski definition) is 0. The summed E-state index contributed by atoms with van der Waals surface area (Å²) in [5.41, 5.74) is 0. The summed E-state index contributed by atoms with van der Waals surface area (Å²) in [6, 6.07) is 0. The van der Waals surface area contributed by atoms with E-state index in [0.717, 1.165) is 0 Å². The molecule has 0 fully saturated rings. The van der Waals surface area contributed by atoms with Gasteiger partial charge in [0.25, 0.3) is 0 Å². The normalized spacial score (nSPS) is 11.1. The number of ether oxygens (including phenoxy) is 1. The lowest BCUT2D eigenvalue weighted by molar-refractivity contribution is -0.222. The van der Waals surface area contributed by atoms with E-state index < -0.39 is 12.1 Å². The molecule has 0 spiro atoms. The maximum absolute atomic E-state index is 11.7. The smallest absolute Gasteiger partial charge is 0.396 e. The summed E-state index contributed by atoms with van der Waals surface area (Å²) >= 11 is 0. The van der Waals surface area contributed by atoms with Crippen LogP contribution in [-0.2, 0) is 9.53 Å². The van der Waals surface area contributed by atoms with E-state index in [9.17, 15) is 13.6 Å². The van der Waals surface area contributed by atoms with Crippen LogP contribution in [0, 0.1) is 0 Å². The highest BCUT2D eigenvalue weighted by atomic mass is 19.3. The van der Waals surface area contributed by atoms with Gasteiger partial charge in [-0.15, -0.1) is 0 Å². The summed E-state index contributed by atoms with van der Waals surface area (Å²) in [4.78, 5) is 10.1. The average Bonchev–Trinajstić information content (AvgIpc) is 1.62. The molecule has 0 rings (SSSR count). The lowest BCUT2D eigenvalue weighted by atomic mass is 10.5. The van der Waals surface area contributed by atoms with Gasteiger partial charge >= 0.3 is 12.1 Å². The molecule has 0 aliphatic carbocycles. The monoisotopic (exact) mass is 138 g/mol. The van der Waals surface area contributed by atoms with Crippen LogP contribution >= 0.6 is 0 Å². The molecule has 0 radical (unpaired) electrons. The molecule has 2 nitrogen and oxygen atoms in total. The molecule has 54 valence electrons. The predicted octanol–water partition coefficient (Wildman–Crippen LogP) is 1.55. The van der Waals surface area contributed by atoms with Crippen LogP contribution in [0.2, 0.25) is 0 Å². The molecule has 4 heteroatoms. The second-order valence-corrected chi connectivity index (χ2v) is 1.64. The first kappa shape index (κ1) is 8.33. The third kappa shape index (κ3) is 5.20. The van der Waals surface area contributed by atoms with E-state index in [1.54, 1.807) is 0 Å². The minimum absolute atomic E-state index is 0.0244. The fraction of sp³-hybridized carbons (Fsp3) is 0.800. The Kier molecular flexibility index (Phi) is 2.55. The van der Waals surface area contributed by atoms with Crippen LogP contribution < -0.4 is 0 Å². The Hall–Kier alpha value is -0.670. The van der Waals surface area contributed by atoms with Crippen LogP contribution in [0.4, 0.5) is 8.78 Å². The van der Waals surface area contributed by atoms with Crippen LogP contribution in [0.3, 0.4) is 0 Å². The molecular weight excluding hydrogens is 130 g/mol. The summed E-state index contributed by atoms with van der Waals surface area (Å²) in [6.45, 7) is 1.98. The van der Waals surface area contributed by atoms with Crippen molar-refractivity contribution in [3.8, 4) is 0 Å². The molecule has 0 amide bonds. The number of alkyl halides is 2. The Bertz CT molecular complexity index is 106. The number of rotatable bonds is 2. The van der Waals surface area contributed by atoms with Gasteiger partial charge in [0.15, 0.2) is 0 Å². The van der Waals surface area contributed by atoms with Gasteiger partial charge in [-0.3, -0.25) is 4.79 Å². The van der Waals surface area contributed by atoms with Gasteiger partial charge in [-0.25, -0.2) is 0 Å². The van der Waals surface area contributed by atoms with Crippen molar-refractivity contribution in [2.75, 3.05) is 0 Å². The summed E-state index contributed by atoms with van der Waals surface area (Å²) < 4.78 is 27.0. The molecule has 0 aromatic rings. The van der Waals surface area contributed by atoms with E-state index in [4.69, 9.17) is 0 Å². The lowest BCUT2D eigenvalue weighted by Gasteiger charge is -2.09. The highest BCUT2D eigenvalue weighted by molar-refractivity contribution is 5.69. The Morgan fingerprint density at radius 2 is 2.11 bits per heavy atom. The van der Waals surface area contributed by atoms with Crippen molar-refractivity contribution in [3.63, 3.8) is 0 Å². The number of carbonyl (C=O) groups excluding carboxylic acids is 1. The minimum Gasteiger partial charge on any atom is -0.401 e. The Morgan fingerprint density at radius 1 is 1.67 bits per heavy atom. The van der Waals surface area contributed by atoms with Crippen molar-refractivity contribution in [1.82, 2.24) is 0 Å². The van der Waals surface area contributed by atoms with Crippen molar-refractivity contribution in [1.29, 1.82) is 0 Å². The second-order valence-electron chi connectivity index (χ2n) is 1.64. The lowest BCUT2D eigenvalue weighted by Crippen LogP contribution is -2.19. The number of halogens is 2. The number of hydrogen-bond acceptors (Lipinski definition) is 2. The number of esters is 1. The maximum Gasteiger partial charge on any atom is 0.396 e. The van der Waals surface area contributed by atoms with E-state index in [-0.39, 0.29) is 6.42 Å². The molecule has 0 atom stereocenters. The molecule has 9 heavy (non-hydrogen) atoms. The Balaban J connectivity index is 3.60. The summed E-state index contributed by atoms with van der Waals surface area (Å²) in [7, 11) is 0. The van der Waals surface area contributed by atoms with Crippen LogP contribution in [0.15, 0.2) is 0 Å². The van der Waals surface area contributed by atoms with Crippen molar-refractivity contribution in [2.45, 2.75) is 26.4 Å². The summed E-state index contributed by atoms with van der Waals surface area (Å²) in [5.74, 6) is -0.887. The molecule has 0 heterocycles. The van der Waals surface area contributed by atoms with E-state index in [1.807, 2.05) is 0 Å². The zero-order chi connectivity index (χ0) is 7.49. The molecule has 0 aliphatic rings. The molecule has 0 aliphatic heterocycles. The summed E-state index contributed by atoms with van der Waals surface area (Å²) in [6.07, 6.45) is -3.35. The zero-order valence-corrected chi connectivity index (χ0v) is 5.28. The Labute approximate surface area is 51.8 Å². The second kappa shape index (κ2) is 2.75. The van der Waals surface area contributed by atoms with Crippen molar-refractivity contribution in [2.24, 2.45) is 0 Å². The number of carbonyl (C=O) groups is 1. The maximum atomic E-state index is 11.7. The van der Waals surface area contributed by atoms with Crippen LogP contribution in [0.25, 0.3) is 0 Å². The van der Waals surface area contributed by atoms with E-state index >= 15 is 0 Å². The highest BCUT2D eigenvalue weighted by Crippen LogP contribution is 2.13. The fourth-order valence-electron chi connectivity index (χ4n) is 0.272. The molecule has 0 unspecified atom stereocenters. The average molecular weight is 138 g/mol. The molecule has 0 aromatic carbocycles. The fourth-order valence-corrected chi connectivity index (χ4v) is 0.272. The van der Waals surface area contributed by atoms with Gasteiger partial charge < -0.3 is 4.74 Å². The topological polar surface area (TPSA) is 26.3 Å². The van der Waals surface area contributed by atoms with E-state index in [0.29, 0.717) is 6.92 Å². The highest BCUT2D eigenvalue weighted by Gasteiger charge is 2.25. The first-order chi connectivity index (χ1) is 3.95. The van der Waals surface area contributed by atoms with Gasteiger partial charge in [-0.2, -0.15) is 8.78 Å². The molecule has 0 N–H and O–H groups in total. The van der Waals surface area contributed by atoms with Crippen molar-refractivity contribution >= 4 is 5.97 Å². The molecule has 0 aromatic heterocycles. The van der Waals surface area contributed by atoms with Gasteiger partial charge in [-0.05, 0) is 0 Å². The SMILES string of the molecule is CCC(=O)OC(C)(F)F. The van der Waals surface area contributed by atoms with Gasteiger partial charge in [0.05, 0.1) is 0 Å². The largest absolute Gasteiger partial charge is 0.401 e. The third-order valence-electron chi connectivity index (χ3n) is 0.582. The van der Waals surface area contributed by atoms with Crippen molar-refractivity contribution < 1.29 is 18.3 Å². The van der Waals surface area contributed by atoms with Crippen LogP contribution in [0.1, 0.15) is 20.3 Å². The molecule has 0 saturated carbocycles. The standard InChI is InChI=1S/C5H8F2O2/c1-3-4(8)9-5(2,6)7/h3H2,1-2H3. The van der Waals surface area contributed by atoms with E-state index in [1.165, 1.54) is 6.92 Å².